The van der Waals surface area contributed by atoms with Crippen LogP contribution < -0.4 is 5.32 Å². The molecule has 0 bridgehead atoms. The Hall–Kier alpha value is -2.38. The van der Waals surface area contributed by atoms with E-state index in [4.69, 9.17) is 4.74 Å². The number of benzene rings is 2. The van der Waals surface area contributed by atoms with Crippen molar-refractivity contribution in [3.05, 3.63) is 60.2 Å². The fourth-order valence-electron chi connectivity index (χ4n) is 2.28. The monoisotopic (exact) mass is 372 g/mol. The van der Waals surface area contributed by atoms with Gasteiger partial charge < -0.3 is 10.1 Å². The second-order valence-electron chi connectivity index (χ2n) is 5.17. The van der Waals surface area contributed by atoms with Crippen LogP contribution in [0.2, 0.25) is 0 Å². The van der Waals surface area contributed by atoms with Crippen LogP contribution in [-0.4, -0.2) is 29.7 Å². The maximum atomic E-state index is 12.3. The Morgan fingerprint density at radius 1 is 1.16 bits per heavy atom. The quantitative estimate of drug-likeness (QED) is 0.530. The molecule has 128 valence electrons. The third-order valence-electron chi connectivity index (χ3n) is 3.48. The second kappa shape index (κ2) is 8.13. The molecule has 1 aromatic heterocycles. The summed E-state index contributed by atoms with van der Waals surface area (Å²) in [4.78, 5) is 28.7. The number of thioether (sulfide) groups is 1. The summed E-state index contributed by atoms with van der Waals surface area (Å²) >= 11 is 2.90. The lowest BCUT2D eigenvalue weighted by atomic mass is 10.1. The Bertz CT molecular complexity index is 847. The van der Waals surface area contributed by atoms with Crippen molar-refractivity contribution in [3.8, 4) is 0 Å². The molecule has 3 aromatic rings. The third kappa shape index (κ3) is 4.37. The molecule has 1 unspecified atom stereocenters. The van der Waals surface area contributed by atoms with Crippen molar-refractivity contribution in [3.63, 3.8) is 0 Å². The number of thiazole rings is 1. The predicted molar refractivity (Wildman–Crippen MR) is 99.7 cm³/mol. The number of nitrogens with one attached hydrogen (secondary N) is 1. The van der Waals surface area contributed by atoms with E-state index in [1.54, 1.807) is 23.5 Å². The number of ether oxygens (including phenoxy) is 1. The largest absolute Gasteiger partial charge is 0.467 e. The van der Waals surface area contributed by atoms with Gasteiger partial charge in [-0.05, 0) is 17.7 Å². The number of hydrogen-bond donors (Lipinski definition) is 1. The normalized spacial score (nSPS) is 11.9. The van der Waals surface area contributed by atoms with E-state index in [2.05, 4.69) is 10.3 Å². The van der Waals surface area contributed by atoms with Crippen molar-refractivity contribution >= 4 is 45.2 Å². The van der Waals surface area contributed by atoms with Gasteiger partial charge in [0.15, 0.2) is 10.4 Å². The molecule has 1 atom stereocenters. The maximum Gasteiger partial charge on any atom is 0.333 e. The average Bonchev–Trinajstić information content (AvgIpc) is 3.07. The van der Waals surface area contributed by atoms with Crippen LogP contribution in [-0.2, 0) is 14.3 Å². The highest BCUT2D eigenvalue weighted by Crippen LogP contribution is 2.29. The number of amides is 1. The lowest BCUT2D eigenvalue weighted by molar-refractivity contribution is -0.145. The Morgan fingerprint density at radius 2 is 1.88 bits per heavy atom. The van der Waals surface area contributed by atoms with E-state index in [-0.39, 0.29) is 11.7 Å². The molecule has 0 radical (unpaired) electrons. The van der Waals surface area contributed by atoms with Gasteiger partial charge in [-0.3, -0.25) is 4.79 Å². The highest BCUT2D eigenvalue weighted by atomic mass is 32.2. The highest BCUT2D eigenvalue weighted by Gasteiger charge is 2.23. The number of rotatable bonds is 6. The van der Waals surface area contributed by atoms with Gasteiger partial charge in [0, 0.05) is 0 Å². The summed E-state index contributed by atoms with van der Waals surface area (Å²) in [6, 6.07) is 16.1. The number of carbonyl (C=O) groups is 2. The Balaban J connectivity index is 1.64. The molecule has 5 nitrogen and oxygen atoms in total. The summed E-state index contributed by atoms with van der Waals surface area (Å²) in [6.45, 7) is 0. The van der Waals surface area contributed by atoms with Gasteiger partial charge in [0.2, 0.25) is 5.91 Å². The van der Waals surface area contributed by atoms with Crippen molar-refractivity contribution in [2.45, 2.75) is 10.4 Å². The molecule has 1 N–H and O–H groups in total. The Morgan fingerprint density at radius 3 is 2.60 bits per heavy atom. The van der Waals surface area contributed by atoms with E-state index in [1.165, 1.54) is 18.9 Å². The number of nitrogens with zero attached hydrogens (tertiary/aromatic N) is 1. The summed E-state index contributed by atoms with van der Waals surface area (Å²) < 4.78 is 6.71. The molecule has 0 saturated carbocycles. The van der Waals surface area contributed by atoms with Gasteiger partial charge in [-0.25, -0.2) is 9.78 Å². The van der Waals surface area contributed by atoms with Gasteiger partial charge in [-0.15, -0.1) is 11.3 Å². The lowest BCUT2D eigenvalue weighted by Crippen LogP contribution is -2.35. The zero-order chi connectivity index (χ0) is 17.6. The molecule has 7 heteroatoms. The summed E-state index contributed by atoms with van der Waals surface area (Å²) in [5, 5.41) is 2.73. The molecule has 0 spiro atoms. The molecule has 0 saturated heterocycles. The first kappa shape index (κ1) is 17.4. The number of aromatic nitrogens is 1. The van der Waals surface area contributed by atoms with Crippen LogP contribution in [0.4, 0.5) is 0 Å². The van der Waals surface area contributed by atoms with Crippen LogP contribution in [0.25, 0.3) is 10.2 Å². The van der Waals surface area contributed by atoms with Crippen LogP contribution in [0.1, 0.15) is 11.6 Å². The average molecular weight is 372 g/mol. The molecule has 3 rings (SSSR count). The minimum atomic E-state index is -0.810. The number of esters is 1. The zero-order valence-corrected chi connectivity index (χ0v) is 15.1. The minimum Gasteiger partial charge on any atom is -0.467 e. The number of carbonyl (C=O) groups excluding carboxylic acids is 2. The first-order valence-electron chi connectivity index (χ1n) is 7.58. The summed E-state index contributed by atoms with van der Waals surface area (Å²) in [7, 11) is 1.31. The van der Waals surface area contributed by atoms with E-state index in [9.17, 15) is 9.59 Å². The fourth-order valence-corrected chi connectivity index (χ4v) is 4.16. The molecule has 1 amide bonds. The van der Waals surface area contributed by atoms with Crippen molar-refractivity contribution in [1.82, 2.24) is 10.3 Å². The first-order valence-corrected chi connectivity index (χ1v) is 9.38. The molecule has 0 fully saturated rings. The van der Waals surface area contributed by atoms with E-state index in [1.807, 2.05) is 42.5 Å². The number of fused-ring (bicyclic) bond motifs is 1. The smallest absolute Gasteiger partial charge is 0.333 e. The molecule has 0 aliphatic heterocycles. The van der Waals surface area contributed by atoms with Crippen LogP contribution >= 0.6 is 23.1 Å². The van der Waals surface area contributed by atoms with Gasteiger partial charge in [0.05, 0.1) is 23.1 Å². The van der Waals surface area contributed by atoms with Crippen LogP contribution in [0, 0.1) is 0 Å². The van der Waals surface area contributed by atoms with E-state index in [0.717, 1.165) is 14.6 Å². The van der Waals surface area contributed by atoms with Crippen molar-refractivity contribution in [2.24, 2.45) is 0 Å². The number of para-hydroxylation sites is 1. The molecule has 2 aromatic carbocycles. The number of methoxy groups -OCH3 is 1. The van der Waals surface area contributed by atoms with Gasteiger partial charge >= 0.3 is 5.97 Å². The van der Waals surface area contributed by atoms with Crippen LogP contribution in [0.3, 0.4) is 0 Å². The standard InChI is InChI=1S/C18H16N2O3S2/c1-23-17(22)16(12-7-3-2-4-8-12)20-15(21)11-24-18-19-13-9-5-6-10-14(13)25-18/h2-10,16H,11H2,1H3,(H,20,21). The van der Waals surface area contributed by atoms with E-state index >= 15 is 0 Å². The van der Waals surface area contributed by atoms with Crippen LogP contribution in [0.15, 0.2) is 58.9 Å². The predicted octanol–water partition coefficient (Wildman–Crippen LogP) is 3.42. The van der Waals surface area contributed by atoms with E-state index < -0.39 is 12.0 Å². The topological polar surface area (TPSA) is 68.3 Å². The Labute approximate surface area is 153 Å². The maximum absolute atomic E-state index is 12.3. The fraction of sp³-hybridized carbons (Fsp3) is 0.167. The minimum absolute atomic E-state index is 0.181. The Kier molecular flexibility index (Phi) is 5.67. The van der Waals surface area contributed by atoms with Crippen molar-refractivity contribution < 1.29 is 14.3 Å². The van der Waals surface area contributed by atoms with Crippen molar-refractivity contribution in [1.29, 1.82) is 0 Å². The van der Waals surface area contributed by atoms with Gasteiger partial charge in [0.25, 0.3) is 0 Å². The van der Waals surface area contributed by atoms with E-state index in [0.29, 0.717) is 5.56 Å². The molecular weight excluding hydrogens is 356 g/mol. The van der Waals surface area contributed by atoms with Gasteiger partial charge in [0.1, 0.15) is 0 Å². The zero-order valence-electron chi connectivity index (χ0n) is 13.5. The molecule has 25 heavy (non-hydrogen) atoms. The van der Waals surface area contributed by atoms with Gasteiger partial charge in [-0.1, -0.05) is 54.2 Å². The molecule has 0 aliphatic rings. The number of hydrogen-bond acceptors (Lipinski definition) is 6. The second-order valence-corrected chi connectivity index (χ2v) is 7.42. The van der Waals surface area contributed by atoms with Crippen LogP contribution in [0.5, 0.6) is 0 Å². The first-order chi connectivity index (χ1) is 12.2. The summed E-state index contributed by atoms with van der Waals surface area (Å²) in [5.74, 6) is -0.562. The molecule has 0 aliphatic carbocycles. The summed E-state index contributed by atoms with van der Waals surface area (Å²) in [5.41, 5.74) is 1.61. The van der Waals surface area contributed by atoms with Crippen molar-refractivity contribution in [2.75, 3.05) is 12.9 Å². The molecular formula is C18H16N2O3S2. The van der Waals surface area contributed by atoms with Gasteiger partial charge in [-0.2, -0.15) is 0 Å². The lowest BCUT2D eigenvalue weighted by Gasteiger charge is -2.16. The summed E-state index contributed by atoms with van der Waals surface area (Å²) in [6.07, 6.45) is 0. The third-order valence-corrected chi connectivity index (χ3v) is 5.66. The SMILES string of the molecule is COC(=O)C(NC(=O)CSc1nc2ccccc2s1)c1ccccc1. The highest BCUT2D eigenvalue weighted by molar-refractivity contribution is 8.01. The molecule has 1 heterocycles.